The number of aliphatic carboxylic acids is 1. The summed E-state index contributed by atoms with van der Waals surface area (Å²) in [4.78, 5) is 10.7. The van der Waals surface area contributed by atoms with Gasteiger partial charge in [-0.2, -0.15) is 0 Å². The van der Waals surface area contributed by atoms with Crippen LogP contribution >= 0.6 is 0 Å². The van der Waals surface area contributed by atoms with Crippen LogP contribution in [-0.4, -0.2) is 23.7 Å². The molecule has 0 radical (unpaired) electrons. The highest BCUT2D eigenvalue weighted by Crippen LogP contribution is 2.15. The maximum Gasteiger partial charge on any atom is 0.307 e. The standard InChI is InChI=1S/C9H17NO2/c1-7(9(11)12)8-5-3-2-4-6-10-8/h7-8,10H,2-6H2,1H3,(H,11,12)/t7-,8+/m0/s1. The van der Waals surface area contributed by atoms with Crippen molar-refractivity contribution in [3.63, 3.8) is 0 Å². The van der Waals surface area contributed by atoms with Gasteiger partial charge in [0, 0.05) is 6.04 Å². The minimum Gasteiger partial charge on any atom is -0.481 e. The SMILES string of the molecule is C[C@H](C(=O)O)[C@H]1CCCCCN1. The highest BCUT2D eigenvalue weighted by molar-refractivity contribution is 5.70. The molecule has 0 aliphatic carbocycles. The van der Waals surface area contributed by atoms with E-state index >= 15 is 0 Å². The quantitative estimate of drug-likeness (QED) is 0.657. The van der Waals surface area contributed by atoms with E-state index < -0.39 is 5.97 Å². The number of rotatable bonds is 2. The lowest BCUT2D eigenvalue weighted by Gasteiger charge is -2.19. The number of hydrogen-bond acceptors (Lipinski definition) is 2. The van der Waals surface area contributed by atoms with Gasteiger partial charge in [-0.3, -0.25) is 4.79 Å². The fraction of sp³-hybridized carbons (Fsp3) is 0.889. The van der Waals surface area contributed by atoms with Crippen LogP contribution in [0.2, 0.25) is 0 Å². The summed E-state index contributed by atoms with van der Waals surface area (Å²) in [5, 5.41) is 12.1. The van der Waals surface area contributed by atoms with Crippen molar-refractivity contribution in [2.24, 2.45) is 5.92 Å². The highest BCUT2D eigenvalue weighted by Gasteiger charge is 2.23. The molecule has 0 saturated carbocycles. The molecule has 3 nitrogen and oxygen atoms in total. The Morgan fingerprint density at radius 2 is 2.25 bits per heavy atom. The van der Waals surface area contributed by atoms with Crippen molar-refractivity contribution in [2.45, 2.75) is 38.6 Å². The molecule has 2 N–H and O–H groups in total. The summed E-state index contributed by atoms with van der Waals surface area (Å²) >= 11 is 0. The Kier molecular flexibility index (Phi) is 3.53. The second-order valence-electron chi connectivity index (χ2n) is 3.54. The van der Waals surface area contributed by atoms with Crippen LogP contribution in [0.3, 0.4) is 0 Å². The number of carbonyl (C=O) groups is 1. The lowest BCUT2D eigenvalue weighted by atomic mass is 9.98. The summed E-state index contributed by atoms with van der Waals surface area (Å²) in [6.07, 6.45) is 4.58. The molecule has 70 valence electrons. The summed E-state index contributed by atoms with van der Waals surface area (Å²) in [6, 6.07) is 0.185. The van der Waals surface area contributed by atoms with Crippen molar-refractivity contribution in [3.8, 4) is 0 Å². The largest absolute Gasteiger partial charge is 0.481 e. The molecule has 1 aliphatic rings. The van der Waals surface area contributed by atoms with Gasteiger partial charge < -0.3 is 10.4 Å². The zero-order valence-electron chi connectivity index (χ0n) is 7.55. The smallest absolute Gasteiger partial charge is 0.307 e. The number of hydrogen-bond donors (Lipinski definition) is 2. The molecular formula is C9H17NO2. The molecule has 1 saturated heterocycles. The number of nitrogens with one attached hydrogen (secondary N) is 1. The van der Waals surface area contributed by atoms with E-state index in [0.717, 1.165) is 19.4 Å². The summed E-state index contributed by atoms with van der Waals surface area (Å²) in [6.45, 7) is 2.76. The Bertz CT molecular complexity index is 151. The van der Waals surface area contributed by atoms with E-state index in [1.165, 1.54) is 12.8 Å². The van der Waals surface area contributed by atoms with Crippen molar-refractivity contribution < 1.29 is 9.90 Å². The van der Waals surface area contributed by atoms with Crippen molar-refractivity contribution >= 4 is 5.97 Å². The van der Waals surface area contributed by atoms with Crippen molar-refractivity contribution in [3.05, 3.63) is 0 Å². The van der Waals surface area contributed by atoms with Crippen LogP contribution in [0.1, 0.15) is 32.6 Å². The third-order valence-corrected chi connectivity index (χ3v) is 2.59. The zero-order valence-corrected chi connectivity index (χ0v) is 7.55. The molecule has 0 aromatic heterocycles. The molecule has 0 amide bonds. The van der Waals surface area contributed by atoms with Gasteiger partial charge in [-0.25, -0.2) is 0 Å². The third kappa shape index (κ3) is 2.48. The van der Waals surface area contributed by atoms with Gasteiger partial charge in [0.15, 0.2) is 0 Å². The maximum atomic E-state index is 10.7. The van der Waals surface area contributed by atoms with Crippen LogP contribution < -0.4 is 5.32 Å². The van der Waals surface area contributed by atoms with Crippen molar-refractivity contribution in [2.75, 3.05) is 6.54 Å². The van der Waals surface area contributed by atoms with Crippen LogP contribution in [0.25, 0.3) is 0 Å². The van der Waals surface area contributed by atoms with E-state index in [4.69, 9.17) is 5.11 Å². The van der Waals surface area contributed by atoms with Crippen LogP contribution in [0.5, 0.6) is 0 Å². The molecule has 12 heavy (non-hydrogen) atoms. The topological polar surface area (TPSA) is 49.3 Å². The first-order valence-corrected chi connectivity index (χ1v) is 4.68. The van der Waals surface area contributed by atoms with Crippen LogP contribution in [0, 0.1) is 5.92 Å². The lowest BCUT2D eigenvalue weighted by molar-refractivity contribution is -0.142. The highest BCUT2D eigenvalue weighted by atomic mass is 16.4. The van der Waals surface area contributed by atoms with E-state index in [0.29, 0.717) is 0 Å². The van der Waals surface area contributed by atoms with Crippen LogP contribution in [0.15, 0.2) is 0 Å². The molecular weight excluding hydrogens is 154 g/mol. The van der Waals surface area contributed by atoms with E-state index in [9.17, 15) is 4.79 Å². The molecule has 0 unspecified atom stereocenters. The number of carboxylic acids is 1. The van der Waals surface area contributed by atoms with E-state index in [2.05, 4.69) is 5.32 Å². The second kappa shape index (κ2) is 4.45. The summed E-state index contributed by atoms with van der Waals surface area (Å²) in [5.74, 6) is -0.933. The number of carboxylic acid groups (broad SMARTS) is 1. The molecule has 3 heteroatoms. The zero-order chi connectivity index (χ0) is 8.97. The van der Waals surface area contributed by atoms with Crippen LogP contribution in [-0.2, 0) is 4.79 Å². The molecule has 0 spiro atoms. The molecule has 0 aromatic rings. The van der Waals surface area contributed by atoms with Crippen LogP contribution in [0.4, 0.5) is 0 Å². The second-order valence-corrected chi connectivity index (χ2v) is 3.54. The van der Waals surface area contributed by atoms with Gasteiger partial charge in [0.1, 0.15) is 0 Å². The summed E-state index contributed by atoms with van der Waals surface area (Å²) in [7, 11) is 0. The Morgan fingerprint density at radius 3 is 2.92 bits per heavy atom. The van der Waals surface area contributed by atoms with Crippen molar-refractivity contribution in [1.82, 2.24) is 5.32 Å². The molecule has 2 atom stereocenters. The molecule has 1 rings (SSSR count). The Hall–Kier alpha value is -0.570. The van der Waals surface area contributed by atoms with E-state index in [-0.39, 0.29) is 12.0 Å². The monoisotopic (exact) mass is 171 g/mol. The average molecular weight is 171 g/mol. The predicted molar refractivity (Wildman–Crippen MR) is 47.1 cm³/mol. The summed E-state index contributed by atoms with van der Waals surface area (Å²) < 4.78 is 0. The van der Waals surface area contributed by atoms with Gasteiger partial charge in [0.25, 0.3) is 0 Å². The molecule has 0 aromatic carbocycles. The lowest BCUT2D eigenvalue weighted by Crippen LogP contribution is -2.37. The fourth-order valence-corrected chi connectivity index (χ4v) is 1.65. The minimum absolute atomic E-state index is 0.185. The molecule has 0 bridgehead atoms. The van der Waals surface area contributed by atoms with Gasteiger partial charge in [-0.05, 0) is 19.4 Å². The first-order valence-electron chi connectivity index (χ1n) is 4.68. The molecule has 1 heterocycles. The Labute approximate surface area is 73.2 Å². The Balaban J connectivity index is 2.42. The van der Waals surface area contributed by atoms with Gasteiger partial charge in [-0.15, -0.1) is 0 Å². The normalized spacial score (nSPS) is 27.6. The predicted octanol–water partition coefficient (Wildman–Crippen LogP) is 1.24. The third-order valence-electron chi connectivity index (χ3n) is 2.59. The first-order chi connectivity index (χ1) is 5.72. The van der Waals surface area contributed by atoms with Gasteiger partial charge in [0.2, 0.25) is 0 Å². The van der Waals surface area contributed by atoms with Crippen molar-refractivity contribution in [1.29, 1.82) is 0 Å². The average Bonchev–Trinajstić information content (AvgIpc) is 2.30. The van der Waals surface area contributed by atoms with Gasteiger partial charge >= 0.3 is 5.97 Å². The van der Waals surface area contributed by atoms with E-state index in [1.54, 1.807) is 6.92 Å². The summed E-state index contributed by atoms with van der Waals surface area (Å²) in [5.41, 5.74) is 0. The molecule has 1 fully saturated rings. The fourth-order valence-electron chi connectivity index (χ4n) is 1.65. The van der Waals surface area contributed by atoms with Gasteiger partial charge in [0.05, 0.1) is 5.92 Å². The van der Waals surface area contributed by atoms with Gasteiger partial charge in [-0.1, -0.05) is 19.8 Å². The first kappa shape index (κ1) is 9.52. The van der Waals surface area contributed by atoms with E-state index in [1.807, 2.05) is 0 Å². The minimum atomic E-state index is -0.686. The maximum absolute atomic E-state index is 10.7. The Morgan fingerprint density at radius 1 is 1.50 bits per heavy atom. The molecule has 1 aliphatic heterocycles.